The summed E-state index contributed by atoms with van der Waals surface area (Å²) in [5, 5.41) is 10.6. The van der Waals surface area contributed by atoms with E-state index in [-0.39, 0.29) is 11.9 Å². The molecule has 1 N–H and O–H groups in total. The first-order valence-electron chi connectivity index (χ1n) is 9.28. The number of nitrogens with one attached hydrogen (secondary N) is 1. The predicted octanol–water partition coefficient (Wildman–Crippen LogP) is 2.95. The number of aryl methyl sites for hydroxylation is 1. The number of methoxy groups -OCH3 is 1. The van der Waals surface area contributed by atoms with Crippen molar-refractivity contribution in [3.8, 4) is 17.0 Å². The minimum absolute atomic E-state index is 0.116. The Bertz CT molecular complexity index is 953. The van der Waals surface area contributed by atoms with Gasteiger partial charge in [0.05, 0.1) is 12.8 Å². The summed E-state index contributed by atoms with van der Waals surface area (Å²) in [7, 11) is 3.42. The Labute approximate surface area is 168 Å². The molecule has 1 saturated heterocycles. The number of ether oxygens (including phenoxy) is 1. The zero-order chi connectivity index (χ0) is 19.5. The van der Waals surface area contributed by atoms with Gasteiger partial charge in [-0.15, -0.1) is 11.3 Å². The molecular weight excluding hydrogens is 374 g/mol. The van der Waals surface area contributed by atoms with Crippen LogP contribution in [0.4, 0.5) is 5.13 Å². The highest BCUT2D eigenvalue weighted by atomic mass is 32.1. The van der Waals surface area contributed by atoms with E-state index in [0.717, 1.165) is 41.5 Å². The molecule has 0 aliphatic carbocycles. The van der Waals surface area contributed by atoms with E-state index in [1.54, 1.807) is 30.2 Å². The summed E-state index contributed by atoms with van der Waals surface area (Å²) in [4.78, 5) is 19.4. The van der Waals surface area contributed by atoms with E-state index in [0.29, 0.717) is 12.2 Å². The van der Waals surface area contributed by atoms with Crippen LogP contribution >= 0.6 is 11.3 Å². The van der Waals surface area contributed by atoms with Crippen LogP contribution in [-0.4, -0.2) is 46.9 Å². The summed E-state index contributed by atoms with van der Waals surface area (Å²) in [6.45, 7) is 1.58. The van der Waals surface area contributed by atoms with Gasteiger partial charge in [0.15, 0.2) is 5.13 Å². The molecule has 28 heavy (non-hydrogen) atoms. The Kier molecular flexibility index (Phi) is 5.29. The fraction of sp³-hybridized carbons (Fsp3) is 0.350. The van der Waals surface area contributed by atoms with Crippen LogP contribution in [0.2, 0.25) is 0 Å². The van der Waals surface area contributed by atoms with Crippen molar-refractivity contribution in [2.24, 2.45) is 7.05 Å². The van der Waals surface area contributed by atoms with Crippen molar-refractivity contribution >= 4 is 22.4 Å². The highest BCUT2D eigenvalue weighted by Crippen LogP contribution is 2.27. The van der Waals surface area contributed by atoms with Crippen LogP contribution < -0.4 is 15.0 Å². The van der Waals surface area contributed by atoms with E-state index in [1.807, 2.05) is 41.9 Å². The van der Waals surface area contributed by atoms with Crippen LogP contribution in [0.25, 0.3) is 11.3 Å². The first kappa shape index (κ1) is 18.5. The van der Waals surface area contributed by atoms with Crippen molar-refractivity contribution in [1.82, 2.24) is 20.1 Å². The molecule has 8 heteroatoms. The van der Waals surface area contributed by atoms with Gasteiger partial charge < -0.3 is 15.0 Å². The zero-order valence-corrected chi connectivity index (χ0v) is 16.8. The van der Waals surface area contributed by atoms with Gasteiger partial charge in [-0.05, 0) is 31.0 Å². The Morgan fingerprint density at radius 2 is 2.29 bits per heavy atom. The topological polar surface area (TPSA) is 72.3 Å². The lowest BCUT2D eigenvalue weighted by molar-refractivity contribution is 0.0942. The Balaban J connectivity index is 1.44. The molecule has 4 rings (SSSR count). The molecule has 0 spiro atoms. The summed E-state index contributed by atoms with van der Waals surface area (Å²) in [5.74, 6) is 0.646. The minimum atomic E-state index is -0.116. The first-order chi connectivity index (χ1) is 13.7. The second kappa shape index (κ2) is 8.02. The fourth-order valence-corrected chi connectivity index (χ4v) is 4.30. The van der Waals surface area contributed by atoms with E-state index in [2.05, 4.69) is 20.3 Å². The third kappa shape index (κ3) is 3.73. The van der Waals surface area contributed by atoms with Crippen molar-refractivity contribution in [3.63, 3.8) is 0 Å². The molecule has 146 valence electrons. The smallest absolute Gasteiger partial charge is 0.269 e. The van der Waals surface area contributed by atoms with Crippen LogP contribution in [0, 0.1) is 0 Å². The maximum Gasteiger partial charge on any atom is 0.269 e. The van der Waals surface area contributed by atoms with E-state index in [1.165, 1.54) is 0 Å². The Morgan fingerprint density at radius 3 is 3.07 bits per heavy atom. The van der Waals surface area contributed by atoms with Gasteiger partial charge in [0.2, 0.25) is 0 Å². The van der Waals surface area contributed by atoms with Gasteiger partial charge in [-0.2, -0.15) is 5.10 Å². The van der Waals surface area contributed by atoms with Gasteiger partial charge in [0.1, 0.15) is 11.4 Å². The second-order valence-electron chi connectivity index (χ2n) is 6.78. The third-order valence-electron chi connectivity index (χ3n) is 5.02. The molecule has 1 fully saturated rings. The standard InChI is InChI=1S/C20H23N5O2S/c1-24-18(12-17(23-24)14-5-3-7-16(11-14)27-2)19(26)22-13-15-6-4-9-25(15)20-21-8-10-28-20/h3,5,7-8,10-12,15H,4,6,9,13H2,1-2H3,(H,22,26)/t15-/m1/s1. The largest absolute Gasteiger partial charge is 0.497 e. The third-order valence-corrected chi connectivity index (χ3v) is 5.83. The summed E-state index contributed by atoms with van der Waals surface area (Å²) in [6, 6.07) is 9.76. The molecule has 1 aromatic carbocycles. The molecular formula is C20H23N5O2S. The van der Waals surface area contributed by atoms with Crippen LogP contribution in [0.3, 0.4) is 0 Å². The molecule has 7 nitrogen and oxygen atoms in total. The van der Waals surface area contributed by atoms with Crippen molar-refractivity contribution in [3.05, 3.63) is 47.6 Å². The number of aromatic nitrogens is 3. The number of carbonyl (C=O) groups is 1. The molecule has 1 amide bonds. The SMILES string of the molecule is COc1cccc(-c2cc(C(=O)NC[C@H]3CCCN3c3nccs3)n(C)n2)c1. The maximum atomic E-state index is 12.8. The van der Waals surface area contributed by atoms with Gasteiger partial charge >= 0.3 is 0 Å². The minimum Gasteiger partial charge on any atom is -0.497 e. The summed E-state index contributed by atoms with van der Waals surface area (Å²) in [6.07, 6.45) is 4.00. The molecule has 1 aliphatic rings. The van der Waals surface area contributed by atoms with E-state index in [4.69, 9.17) is 4.74 Å². The average Bonchev–Trinajstić information content (AvgIpc) is 3.46. The van der Waals surface area contributed by atoms with Crippen LogP contribution in [0.1, 0.15) is 23.3 Å². The van der Waals surface area contributed by atoms with Crippen molar-refractivity contribution in [2.45, 2.75) is 18.9 Å². The van der Waals surface area contributed by atoms with Crippen molar-refractivity contribution in [1.29, 1.82) is 0 Å². The lowest BCUT2D eigenvalue weighted by atomic mass is 10.1. The number of benzene rings is 1. The van der Waals surface area contributed by atoms with Gasteiger partial charge in [-0.25, -0.2) is 4.98 Å². The van der Waals surface area contributed by atoms with Crippen molar-refractivity contribution < 1.29 is 9.53 Å². The van der Waals surface area contributed by atoms with Crippen LogP contribution in [0.15, 0.2) is 41.9 Å². The average molecular weight is 398 g/mol. The van der Waals surface area contributed by atoms with Gasteiger partial charge in [0, 0.05) is 43.3 Å². The molecule has 3 aromatic rings. The zero-order valence-electron chi connectivity index (χ0n) is 16.0. The van der Waals surface area contributed by atoms with E-state index >= 15 is 0 Å². The molecule has 0 unspecified atom stereocenters. The number of anilines is 1. The molecule has 1 atom stereocenters. The molecule has 0 bridgehead atoms. The molecule has 1 aliphatic heterocycles. The highest BCUT2D eigenvalue weighted by Gasteiger charge is 2.27. The van der Waals surface area contributed by atoms with E-state index < -0.39 is 0 Å². The fourth-order valence-electron chi connectivity index (χ4n) is 3.56. The molecule has 3 heterocycles. The monoisotopic (exact) mass is 397 g/mol. The van der Waals surface area contributed by atoms with Crippen LogP contribution in [-0.2, 0) is 7.05 Å². The van der Waals surface area contributed by atoms with E-state index in [9.17, 15) is 4.79 Å². The normalized spacial score (nSPS) is 16.4. The quantitative estimate of drug-likeness (QED) is 0.692. The summed E-state index contributed by atoms with van der Waals surface area (Å²) >= 11 is 1.64. The Morgan fingerprint density at radius 1 is 1.39 bits per heavy atom. The lowest BCUT2D eigenvalue weighted by Crippen LogP contribution is -2.40. The highest BCUT2D eigenvalue weighted by molar-refractivity contribution is 7.13. The number of nitrogens with zero attached hydrogens (tertiary/aromatic N) is 4. The lowest BCUT2D eigenvalue weighted by Gasteiger charge is -2.24. The second-order valence-corrected chi connectivity index (χ2v) is 7.66. The molecule has 0 saturated carbocycles. The number of rotatable bonds is 6. The first-order valence-corrected chi connectivity index (χ1v) is 10.2. The van der Waals surface area contributed by atoms with Crippen LogP contribution in [0.5, 0.6) is 5.75 Å². The Hall–Kier alpha value is -2.87. The molecule has 0 radical (unpaired) electrons. The summed E-state index contributed by atoms with van der Waals surface area (Å²) < 4.78 is 6.90. The number of hydrogen-bond acceptors (Lipinski definition) is 6. The maximum absolute atomic E-state index is 12.8. The number of thiazole rings is 1. The number of hydrogen-bond donors (Lipinski definition) is 1. The number of carbonyl (C=O) groups excluding carboxylic acids is 1. The van der Waals surface area contributed by atoms with Gasteiger partial charge in [-0.3, -0.25) is 9.48 Å². The van der Waals surface area contributed by atoms with Crippen molar-refractivity contribution in [2.75, 3.05) is 25.1 Å². The predicted molar refractivity (Wildman–Crippen MR) is 110 cm³/mol. The molecule has 2 aromatic heterocycles. The van der Waals surface area contributed by atoms with Gasteiger partial charge in [0.25, 0.3) is 5.91 Å². The summed E-state index contributed by atoms with van der Waals surface area (Å²) in [5.41, 5.74) is 2.20. The number of amides is 1. The van der Waals surface area contributed by atoms with Gasteiger partial charge in [-0.1, -0.05) is 12.1 Å².